The van der Waals surface area contributed by atoms with Crippen LogP contribution in [0.25, 0.3) is 11.3 Å². The first kappa shape index (κ1) is 20.3. The van der Waals surface area contributed by atoms with E-state index in [-0.39, 0.29) is 23.0 Å². The smallest absolute Gasteiger partial charge is 0.227 e. The zero-order chi connectivity index (χ0) is 20.5. The lowest BCUT2D eigenvalue weighted by Crippen LogP contribution is -2.03. The number of nitrogens with one attached hydrogen (secondary N) is 2. The monoisotopic (exact) mass is 466 g/mol. The molecular formula is C19H17BrF2N4OS. The summed E-state index contributed by atoms with van der Waals surface area (Å²) >= 11 is 3.37. The van der Waals surface area contributed by atoms with E-state index in [0.29, 0.717) is 15.7 Å². The van der Waals surface area contributed by atoms with E-state index in [1.807, 2.05) is 0 Å². The molecule has 9 heteroatoms. The van der Waals surface area contributed by atoms with Crippen molar-refractivity contribution in [2.75, 3.05) is 11.6 Å². The third-order valence-electron chi connectivity index (χ3n) is 3.78. The summed E-state index contributed by atoms with van der Waals surface area (Å²) in [6, 6.07) is 9.68. The molecule has 0 aliphatic heterocycles. The molecule has 1 atom stereocenters. The highest BCUT2D eigenvalue weighted by Crippen LogP contribution is 2.27. The van der Waals surface area contributed by atoms with Gasteiger partial charge in [-0.05, 0) is 48.4 Å². The van der Waals surface area contributed by atoms with Gasteiger partial charge in [0, 0.05) is 31.7 Å². The number of benzene rings is 2. The summed E-state index contributed by atoms with van der Waals surface area (Å²) in [5.41, 5.74) is 1.87. The van der Waals surface area contributed by atoms with Crippen LogP contribution in [0.4, 0.5) is 20.4 Å². The number of hydrogen-bond donors (Lipinski definition) is 2. The van der Waals surface area contributed by atoms with Crippen molar-refractivity contribution in [2.24, 2.45) is 0 Å². The molecule has 146 valence electrons. The molecule has 2 N–H and O–H groups in total. The zero-order valence-electron chi connectivity index (χ0n) is 15.1. The minimum atomic E-state index is -2.71. The molecule has 2 aromatic carbocycles. The van der Waals surface area contributed by atoms with Crippen LogP contribution in [-0.4, -0.2) is 20.4 Å². The number of hydrogen-bond acceptors (Lipinski definition) is 5. The Balaban J connectivity index is 1.96. The Morgan fingerprint density at radius 2 is 1.93 bits per heavy atom. The number of rotatable bonds is 5. The molecule has 3 aromatic rings. The first-order valence-electron chi connectivity index (χ1n) is 8.18. The second kappa shape index (κ2) is 7.92. The van der Waals surface area contributed by atoms with Crippen molar-refractivity contribution in [3.05, 3.63) is 69.8 Å². The van der Waals surface area contributed by atoms with Gasteiger partial charge in [-0.3, -0.25) is 4.78 Å². The summed E-state index contributed by atoms with van der Waals surface area (Å²) in [5.74, 6) is -1.13. The lowest BCUT2D eigenvalue weighted by Gasteiger charge is -2.11. The van der Waals surface area contributed by atoms with Crippen LogP contribution >= 0.6 is 15.9 Å². The summed E-state index contributed by atoms with van der Waals surface area (Å²) < 4.78 is 48.5. The zero-order valence-corrected chi connectivity index (χ0v) is 17.5. The minimum absolute atomic E-state index is 0.0448. The maximum absolute atomic E-state index is 14.2. The van der Waals surface area contributed by atoms with Gasteiger partial charge in [0.1, 0.15) is 11.5 Å². The summed E-state index contributed by atoms with van der Waals surface area (Å²) in [6.07, 6.45) is 2.35. The third-order valence-corrected chi connectivity index (χ3v) is 5.12. The molecule has 0 saturated carbocycles. The van der Waals surface area contributed by atoms with E-state index in [9.17, 15) is 13.0 Å². The Hall–Kier alpha value is -2.39. The first-order chi connectivity index (χ1) is 13.1. The second-order valence-electron chi connectivity index (χ2n) is 6.50. The fourth-order valence-electron chi connectivity index (χ4n) is 2.68. The van der Waals surface area contributed by atoms with Crippen LogP contribution in [0.2, 0.25) is 0 Å². The van der Waals surface area contributed by atoms with Gasteiger partial charge in [-0.2, -0.15) is 0 Å². The van der Waals surface area contributed by atoms with Gasteiger partial charge in [0.05, 0.1) is 11.9 Å². The van der Waals surface area contributed by atoms with E-state index in [0.717, 1.165) is 11.8 Å². The molecule has 0 bridgehead atoms. The van der Waals surface area contributed by atoms with E-state index in [4.69, 9.17) is 4.78 Å². The molecule has 1 unspecified atom stereocenters. The first-order valence-corrected chi connectivity index (χ1v) is 11.1. The Kier molecular flexibility index (Phi) is 5.76. The van der Waals surface area contributed by atoms with Crippen molar-refractivity contribution < 1.29 is 13.0 Å². The summed E-state index contributed by atoms with van der Waals surface area (Å²) in [7, 11) is -2.71. The van der Waals surface area contributed by atoms with Gasteiger partial charge in [0.2, 0.25) is 5.95 Å². The van der Waals surface area contributed by atoms with Crippen LogP contribution in [-0.2, 0) is 15.5 Å². The molecule has 5 nitrogen and oxygen atoms in total. The SMILES string of the molecule is Cc1ccc(-c2nc(Nc3cc(Br)cc(CS(C)(=N)=O)c3)ncc2F)c(F)c1. The number of anilines is 2. The Bertz CT molecular complexity index is 1150. The Morgan fingerprint density at radius 3 is 2.61 bits per heavy atom. The highest BCUT2D eigenvalue weighted by Gasteiger charge is 2.14. The van der Waals surface area contributed by atoms with E-state index < -0.39 is 21.4 Å². The van der Waals surface area contributed by atoms with Crippen LogP contribution in [0.15, 0.2) is 47.1 Å². The van der Waals surface area contributed by atoms with Crippen molar-refractivity contribution in [3.8, 4) is 11.3 Å². The van der Waals surface area contributed by atoms with Gasteiger partial charge in [-0.15, -0.1) is 0 Å². The fraction of sp³-hybridized carbons (Fsp3) is 0.158. The predicted molar refractivity (Wildman–Crippen MR) is 110 cm³/mol. The maximum Gasteiger partial charge on any atom is 0.227 e. The highest BCUT2D eigenvalue weighted by atomic mass is 79.9. The van der Waals surface area contributed by atoms with Gasteiger partial charge in [-0.1, -0.05) is 22.0 Å². The van der Waals surface area contributed by atoms with E-state index >= 15 is 0 Å². The molecule has 1 aromatic heterocycles. The average molecular weight is 467 g/mol. The molecule has 3 rings (SSSR count). The van der Waals surface area contributed by atoms with Crippen molar-refractivity contribution in [1.82, 2.24) is 9.97 Å². The van der Waals surface area contributed by atoms with E-state index in [1.54, 1.807) is 31.2 Å². The minimum Gasteiger partial charge on any atom is -0.324 e. The quantitative estimate of drug-likeness (QED) is 0.526. The predicted octanol–water partition coefficient (Wildman–Crippen LogP) is 5.41. The highest BCUT2D eigenvalue weighted by molar-refractivity contribution is 9.10. The number of halogens is 3. The molecular weight excluding hydrogens is 450 g/mol. The lowest BCUT2D eigenvalue weighted by atomic mass is 10.1. The molecule has 0 spiro atoms. The van der Waals surface area contributed by atoms with Gasteiger partial charge in [0.15, 0.2) is 5.82 Å². The van der Waals surface area contributed by atoms with Gasteiger partial charge in [0.25, 0.3) is 0 Å². The Labute approximate surface area is 170 Å². The third kappa shape index (κ3) is 5.11. The average Bonchev–Trinajstić information content (AvgIpc) is 2.55. The lowest BCUT2D eigenvalue weighted by molar-refractivity contribution is 0.607. The largest absolute Gasteiger partial charge is 0.324 e. The molecule has 28 heavy (non-hydrogen) atoms. The number of nitrogens with zero attached hydrogens (tertiary/aromatic N) is 2. The molecule has 0 aliphatic rings. The fourth-order valence-corrected chi connectivity index (χ4v) is 4.02. The maximum atomic E-state index is 14.2. The van der Waals surface area contributed by atoms with Gasteiger partial charge >= 0.3 is 0 Å². The van der Waals surface area contributed by atoms with Gasteiger partial charge < -0.3 is 5.32 Å². The molecule has 0 radical (unpaired) electrons. The van der Waals surface area contributed by atoms with Crippen LogP contribution in [0.3, 0.4) is 0 Å². The van der Waals surface area contributed by atoms with Crippen LogP contribution in [0, 0.1) is 23.3 Å². The topological polar surface area (TPSA) is 78.7 Å². The van der Waals surface area contributed by atoms with Crippen molar-refractivity contribution >= 4 is 37.3 Å². The summed E-state index contributed by atoms with van der Waals surface area (Å²) in [5, 5.41) is 2.94. The van der Waals surface area contributed by atoms with Crippen molar-refractivity contribution in [1.29, 1.82) is 4.78 Å². The molecule has 1 heterocycles. The van der Waals surface area contributed by atoms with E-state index in [2.05, 4.69) is 31.2 Å². The van der Waals surface area contributed by atoms with Crippen molar-refractivity contribution in [2.45, 2.75) is 12.7 Å². The standard InChI is InChI=1S/C19H17BrF2N4OS/c1-11-3-4-15(16(21)5-11)18-17(22)9-24-19(26-18)25-14-7-12(6-13(20)8-14)10-28(2,23)27/h3-9,23H,10H2,1-2H3,(H,24,25,26). The van der Waals surface area contributed by atoms with Crippen LogP contribution in [0.1, 0.15) is 11.1 Å². The number of aryl methyl sites for hydroxylation is 1. The van der Waals surface area contributed by atoms with Crippen molar-refractivity contribution in [3.63, 3.8) is 0 Å². The summed E-state index contributed by atoms with van der Waals surface area (Å²) in [6.45, 7) is 1.74. The molecule has 0 aliphatic carbocycles. The van der Waals surface area contributed by atoms with Crippen LogP contribution in [0.5, 0.6) is 0 Å². The van der Waals surface area contributed by atoms with E-state index in [1.165, 1.54) is 18.4 Å². The second-order valence-corrected chi connectivity index (χ2v) is 9.71. The normalized spacial score (nSPS) is 13.2. The molecule has 0 saturated heterocycles. The number of aromatic nitrogens is 2. The van der Waals surface area contributed by atoms with Crippen LogP contribution < -0.4 is 5.32 Å². The Morgan fingerprint density at radius 1 is 1.18 bits per heavy atom. The summed E-state index contributed by atoms with van der Waals surface area (Å²) in [4.78, 5) is 8.03. The van der Waals surface area contributed by atoms with Gasteiger partial charge in [-0.25, -0.2) is 23.0 Å². The molecule has 0 amide bonds. The molecule has 0 fully saturated rings.